The first-order chi connectivity index (χ1) is 12.1. The number of rotatable bonds is 3. The predicted octanol–water partition coefficient (Wildman–Crippen LogP) is 4.06. The van der Waals surface area contributed by atoms with E-state index in [-0.39, 0.29) is 22.8 Å². The molecule has 5 heteroatoms. The molecule has 1 amide bonds. The van der Waals surface area contributed by atoms with Crippen molar-refractivity contribution < 1.29 is 18.7 Å². The van der Waals surface area contributed by atoms with Crippen molar-refractivity contribution in [3.63, 3.8) is 0 Å². The summed E-state index contributed by atoms with van der Waals surface area (Å²) in [5.41, 5.74) is 0.574. The average Bonchev–Trinajstić information content (AvgIpc) is 2.95. The van der Waals surface area contributed by atoms with Gasteiger partial charge in [-0.25, -0.2) is 8.78 Å². The first-order valence-corrected chi connectivity index (χ1v) is 9.56. The highest BCUT2D eigenvalue weighted by Crippen LogP contribution is 2.53. The van der Waals surface area contributed by atoms with Crippen LogP contribution in [0.2, 0.25) is 0 Å². The molecule has 1 spiro atoms. The number of halogens is 2. The smallest absolute Gasteiger partial charge is 0.270 e. The molecule has 26 heavy (non-hydrogen) atoms. The number of hydrogen-bond donors (Lipinski definition) is 1. The second-order valence-corrected chi connectivity index (χ2v) is 9.25. The van der Waals surface area contributed by atoms with Gasteiger partial charge in [-0.2, -0.15) is 0 Å². The van der Waals surface area contributed by atoms with Crippen LogP contribution in [0.3, 0.4) is 0 Å². The van der Waals surface area contributed by atoms with Crippen LogP contribution in [-0.4, -0.2) is 34.6 Å². The summed E-state index contributed by atoms with van der Waals surface area (Å²) in [5.74, 6) is -2.35. The van der Waals surface area contributed by atoms with Gasteiger partial charge in [0.1, 0.15) is 0 Å². The van der Waals surface area contributed by atoms with E-state index in [0.717, 1.165) is 44.8 Å². The first kappa shape index (κ1) is 17.9. The second kappa shape index (κ2) is 5.75. The van der Waals surface area contributed by atoms with Gasteiger partial charge in [0.15, 0.2) is 0 Å². The van der Waals surface area contributed by atoms with Gasteiger partial charge in [0, 0.05) is 36.9 Å². The highest BCUT2D eigenvalue weighted by Gasteiger charge is 2.53. The second-order valence-electron chi connectivity index (χ2n) is 9.25. The van der Waals surface area contributed by atoms with Crippen molar-refractivity contribution in [1.82, 2.24) is 4.90 Å². The lowest BCUT2D eigenvalue weighted by molar-refractivity contribution is -0.161. The molecule has 1 unspecified atom stereocenters. The summed E-state index contributed by atoms with van der Waals surface area (Å²) in [6, 6.07) is 6.83. The monoisotopic (exact) mass is 363 g/mol. The van der Waals surface area contributed by atoms with Gasteiger partial charge in [0.25, 0.3) is 5.92 Å². The van der Waals surface area contributed by atoms with Crippen LogP contribution in [-0.2, 0) is 10.7 Å². The van der Waals surface area contributed by atoms with Crippen LogP contribution in [0.25, 0.3) is 0 Å². The van der Waals surface area contributed by atoms with Crippen molar-refractivity contribution in [2.75, 3.05) is 13.1 Å². The Morgan fingerprint density at radius 1 is 1.27 bits per heavy atom. The number of likely N-dealkylation sites (tertiary alicyclic amines) is 1. The number of carbonyl (C=O) groups is 1. The molecule has 3 fully saturated rings. The van der Waals surface area contributed by atoms with Crippen molar-refractivity contribution in [2.24, 2.45) is 11.3 Å². The highest BCUT2D eigenvalue weighted by atomic mass is 19.3. The largest absolute Gasteiger partial charge is 0.390 e. The number of carbonyl (C=O) groups excluding carboxylic acids is 1. The van der Waals surface area contributed by atoms with Crippen LogP contribution >= 0.6 is 0 Å². The number of hydrogen-bond acceptors (Lipinski definition) is 2. The molecular weight excluding hydrogens is 336 g/mol. The number of amides is 1. The van der Waals surface area contributed by atoms with Crippen LogP contribution in [0.4, 0.5) is 8.78 Å². The molecule has 3 aliphatic rings. The molecule has 142 valence electrons. The molecule has 0 bridgehead atoms. The Balaban J connectivity index is 1.36. The van der Waals surface area contributed by atoms with Crippen LogP contribution in [0, 0.1) is 11.3 Å². The Labute approximate surface area is 153 Å². The summed E-state index contributed by atoms with van der Waals surface area (Å²) < 4.78 is 27.2. The van der Waals surface area contributed by atoms with Crippen molar-refractivity contribution in [3.8, 4) is 0 Å². The molecule has 2 aliphatic carbocycles. The normalized spacial score (nSPS) is 33.0. The Kier molecular flexibility index (Phi) is 3.96. The minimum Gasteiger partial charge on any atom is -0.390 e. The molecule has 1 aromatic rings. The fourth-order valence-corrected chi connectivity index (χ4v) is 5.20. The van der Waals surface area contributed by atoms with E-state index in [1.54, 1.807) is 19.1 Å². The predicted molar refractivity (Wildman–Crippen MR) is 95.0 cm³/mol. The molecule has 1 aromatic carbocycles. The van der Waals surface area contributed by atoms with Crippen LogP contribution < -0.4 is 0 Å². The molecular formula is C21H27F2NO2. The van der Waals surface area contributed by atoms with Gasteiger partial charge >= 0.3 is 0 Å². The van der Waals surface area contributed by atoms with Crippen LogP contribution in [0.15, 0.2) is 24.3 Å². The summed E-state index contributed by atoms with van der Waals surface area (Å²) >= 11 is 0. The molecule has 1 atom stereocenters. The van der Waals surface area contributed by atoms with Gasteiger partial charge < -0.3 is 10.0 Å². The van der Waals surface area contributed by atoms with Gasteiger partial charge in [0.05, 0.1) is 5.60 Å². The number of benzene rings is 1. The van der Waals surface area contributed by atoms with Crippen molar-refractivity contribution in [1.29, 1.82) is 0 Å². The zero-order valence-electron chi connectivity index (χ0n) is 15.5. The SMILES string of the molecule is CC1(O)CC(C(=O)N2CC3(CCC(c4cccc(C(C)(F)F)c4)C3)C2)C1. The molecule has 4 rings (SSSR count). The lowest BCUT2D eigenvalue weighted by Crippen LogP contribution is -2.61. The summed E-state index contributed by atoms with van der Waals surface area (Å²) in [6.45, 7) is 4.29. The van der Waals surface area contributed by atoms with Gasteiger partial charge in [-0.3, -0.25) is 4.79 Å². The summed E-state index contributed by atoms with van der Waals surface area (Å²) in [5, 5.41) is 9.83. The van der Waals surface area contributed by atoms with E-state index in [4.69, 9.17) is 0 Å². The first-order valence-electron chi connectivity index (χ1n) is 9.56. The van der Waals surface area contributed by atoms with Gasteiger partial charge in [0.2, 0.25) is 5.91 Å². The van der Waals surface area contributed by atoms with E-state index < -0.39 is 11.5 Å². The van der Waals surface area contributed by atoms with Gasteiger partial charge in [-0.15, -0.1) is 0 Å². The fourth-order valence-electron chi connectivity index (χ4n) is 5.20. The maximum absolute atomic E-state index is 13.6. The summed E-state index contributed by atoms with van der Waals surface area (Å²) in [4.78, 5) is 14.4. The van der Waals surface area contributed by atoms with Crippen molar-refractivity contribution in [2.45, 2.75) is 63.4 Å². The van der Waals surface area contributed by atoms with E-state index in [0.29, 0.717) is 18.8 Å². The third-order valence-corrected chi connectivity index (χ3v) is 6.65. The van der Waals surface area contributed by atoms with Crippen molar-refractivity contribution >= 4 is 5.91 Å². The average molecular weight is 363 g/mol. The van der Waals surface area contributed by atoms with Gasteiger partial charge in [-0.1, -0.05) is 18.2 Å². The van der Waals surface area contributed by atoms with E-state index in [9.17, 15) is 18.7 Å². The minimum absolute atomic E-state index is 0.0250. The molecule has 1 aliphatic heterocycles. The van der Waals surface area contributed by atoms with E-state index in [1.807, 2.05) is 11.0 Å². The maximum Gasteiger partial charge on any atom is 0.270 e. The molecule has 2 saturated carbocycles. The highest BCUT2D eigenvalue weighted by molar-refractivity contribution is 5.81. The van der Waals surface area contributed by atoms with Crippen molar-refractivity contribution in [3.05, 3.63) is 35.4 Å². The Morgan fingerprint density at radius 3 is 2.58 bits per heavy atom. The summed E-state index contributed by atoms with van der Waals surface area (Å²) in [7, 11) is 0. The zero-order chi connectivity index (χ0) is 18.7. The topological polar surface area (TPSA) is 40.5 Å². The minimum atomic E-state index is -2.81. The number of alkyl halides is 2. The quantitative estimate of drug-likeness (QED) is 0.880. The zero-order valence-corrected chi connectivity index (χ0v) is 15.5. The van der Waals surface area contributed by atoms with Gasteiger partial charge in [-0.05, 0) is 56.6 Å². The third kappa shape index (κ3) is 3.15. The molecule has 3 nitrogen and oxygen atoms in total. The third-order valence-electron chi connectivity index (χ3n) is 6.65. The Bertz CT molecular complexity index is 711. The molecule has 1 saturated heterocycles. The molecule has 0 radical (unpaired) electrons. The van der Waals surface area contributed by atoms with E-state index in [1.165, 1.54) is 6.07 Å². The van der Waals surface area contributed by atoms with E-state index >= 15 is 0 Å². The van der Waals surface area contributed by atoms with Crippen LogP contribution in [0.1, 0.15) is 63.0 Å². The molecule has 1 N–H and O–H groups in total. The Hall–Kier alpha value is -1.49. The maximum atomic E-state index is 13.6. The lowest BCUT2D eigenvalue weighted by Gasteiger charge is -2.52. The Morgan fingerprint density at radius 2 is 1.96 bits per heavy atom. The molecule has 1 heterocycles. The fraction of sp³-hybridized carbons (Fsp3) is 0.667. The van der Waals surface area contributed by atoms with Crippen LogP contribution in [0.5, 0.6) is 0 Å². The van der Waals surface area contributed by atoms with E-state index in [2.05, 4.69) is 0 Å². The standard InChI is InChI=1S/C21H27F2NO2/c1-19(26)9-16(10-19)18(25)24-12-21(13-24)7-6-15(11-21)14-4-3-5-17(8-14)20(2,22)23/h3-5,8,15-16,26H,6-7,9-13H2,1-2H3. The number of nitrogens with zero attached hydrogens (tertiary/aromatic N) is 1. The summed E-state index contributed by atoms with van der Waals surface area (Å²) in [6.07, 6.45) is 4.15. The number of aliphatic hydroxyl groups is 1. The lowest BCUT2D eigenvalue weighted by atomic mass is 9.69. The molecule has 0 aromatic heterocycles.